The van der Waals surface area contributed by atoms with E-state index in [4.69, 9.17) is 5.11 Å². The molecule has 0 radical (unpaired) electrons. The third kappa shape index (κ3) is 2.45. The van der Waals surface area contributed by atoms with E-state index < -0.39 is 45.6 Å². The van der Waals surface area contributed by atoms with Crippen LogP contribution in [0.25, 0.3) is 0 Å². The minimum Gasteiger partial charge on any atom is -0.478 e. The van der Waals surface area contributed by atoms with Gasteiger partial charge in [0.25, 0.3) is 17.5 Å². The molecule has 0 atom stereocenters. The largest absolute Gasteiger partial charge is 0.478 e. The smallest absolute Gasteiger partial charge is 0.337 e. The molecular weight excluding hydrogens is 348 g/mol. The summed E-state index contributed by atoms with van der Waals surface area (Å²) < 4.78 is 0. The number of hydrogen-bond donors (Lipinski definition) is 2. The minimum absolute atomic E-state index is 0.122. The summed E-state index contributed by atoms with van der Waals surface area (Å²) in [5.74, 6) is -4.66. The molecular formula is C16H8N2O8. The second kappa shape index (κ2) is 5.77. The molecule has 0 aromatic heterocycles. The summed E-state index contributed by atoms with van der Waals surface area (Å²) in [5, 5.41) is 29.2. The Labute approximate surface area is 144 Å². The Bertz CT molecular complexity index is 1030. The van der Waals surface area contributed by atoms with Gasteiger partial charge in [0, 0.05) is 12.1 Å². The van der Waals surface area contributed by atoms with Crippen LogP contribution in [-0.4, -0.2) is 38.9 Å². The number of nitro benzene ring substituents is 1. The van der Waals surface area contributed by atoms with E-state index >= 15 is 0 Å². The molecule has 0 saturated heterocycles. The van der Waals surface area contributed by atoms with Crippen molar-refractivity contribution in [3.05, 3.63) is 68.8 Å². The zero-order valence-electron chi connectivity index (χ0n) is 12.7. The number of rotatable bonds is 4. The quantitative estimate of drug-likeness (QED) is 0.477. The fourth-order valence-electron chi connectivity index (χ4n) is 2.59. The van der Waals surface area contributed by atoms with E-state index in [1.807, 2.05) is 0 Å². The average Bonchev–Trinajstić information content (AvgIpc) is 2.84. The number of non-ortho nitro benzene ring substituents is 1. The number of carboxylic acids is 2. The zero-order valence-corrected chi connectivity index (χ0v) is 12.7. The first-order valence-electron chi connectivity index (χ1n) is 7.00. The van der Waals surface area contributed by atoms with Crippen LogP contribution in [-0.2, 0) is 0 Å². The summed E-state index contributed by atoms with van der Waals surface area (Å²) in [5.41, 5.74) is -2.03. The molecule has 1 aliphatic heterocycles. The molecule has 0 aliphatic carbocycles. The second-order valence-corrected chi connectivity index (χ2v) is 5.27. The van der Waals surface area contributed by atoms with Gasteiger partial charge in [0.05, 0.1) is 32.9 Å². The summed E-state index contributed by atoms with van der Waals surface area (Å²) in [6.07, 6.45) is 0. The lowest BCUT2D eigenvalue weighted by atomic mass is 10.1. The molecule has 2 N–H and O–H groups in total. The number of carboxylic acid groups (broad SMARTS) is 2. The van der Waals surface area contributed by atoms with Crippen LogP contribution in [0.5, 0.6) is 0 Å². The predicted octanol–water partition coefficient (Wildman–Crippen LogP) is 1.79. The summed E-state index contributed by atoms with van der Waals surface area (Å²) in [4.78, 5) is 58.2. The van der Waals surface area contributed by atoms with Crippen molar-refractivity contribution in [3.63, 3.8) is 0 Å². The van der Waals surface area contributed by atoms with Crippen LogP contribution in [0.1, 0.15) is 41.4 Å². The molecule has 0 spiro atoms. The molecule has 0 unspecified atom stereocenters. The molecule has 0 fully saturated rings. The van der Waals surface area contributed by atoms with Gasteiger partial charge in [-0.25, -0.2) is 14.5 Å². The highest BCUT2D eigenvalue weighted by molar-refractivity contribution is 6.35. The second-order valence-electron chi connectivity index (χ2n) is 5.27. The number of carbonyl (C=O) groups is 4. The number of fused-ring (bicyclic) bond motifs is 1. The van der Waals surface area contributed by atoms with Crippen LogP contribution >= 0.6 is 0 Å². The van der Waals surface area contributed by atoms with Gasteiger partial charge in [-0.3, -0.25) is 19.7 Å². The number of benzene rings is 2. The van der Waals surface area contributed by atoms with E-state index in [9.17, 15) is 34.4 Å². The Hall–Kier alpha value is -4.08. The molecule has 10 heteroatoms. The molecule has 3 rings (SSSR count). The van der Waals surface area contributed by atoms with Crippen LogP contribution in [0.15, 0.2) is 36.4 Å². The average molecular weight is 356 g/mol. The van der Waals surface area contributed by atoms with Gasteiger partial charge in [0.15, 0.2) is 0 Å². The Morgan fingerprint density at radius 2 is 1.58 bits per heavy atom. The summed E-state index contributed by atoms with van der Waals surface area (Å²) in [7, 11) is 0. The van der Waals surface area contributed by atoms with Crippen LogP contribution in [0.2, 0.25) is 0 Å². The van der Waals surface area contributed by atoms with Gasteiger partial charge in [-0.2, -0.15) is 0 Å². The number of imide groups is 1. The SMILES string of the molecule is O=C(O)c1ccc2c(c1)C(=O)N(c1cc([N+](=O)[O-])ccc1C(=O)O)C2=O. The molecule has 26 heavy (non-hydrogen) atoms. The van der Waals surface area contributed by atoms with E-state index in [2.05, 4.69) is 0 Å². The fraction of sp³-hybridized carbons (Fsp3) is 0. The molecule has 1 aliphatic rings. The lowest BCUT2D eigenvalue weighted by Crippen LogP contribution is -2.31. The van der Waals surface area contributed by atoms with Crippen molar-refractivity contribution in [2.24, 2.45) is 0 Å². The molecule has 2 aromatic rings. The van der Waals surface area contributed by atoms with Crippen molar-refractivity contribution in [1.29, 1.82) is 0 Å². The fourth-order valence-corrected chi connectivity index (χ4v) is 2.59. The van der Waals surface area contributed by atoms with Crippen LogP contribution in [0.4, 0.5) is 11.4 Å². The standard InChI is InChI=1S/C16H8N2O8/c19-13-9-3-1-7(15(21)22)5-11(9)14(20)17(13)12-6-8(18(25)26)2-4-10(12)16(23)24/h1-6H,(H,21,22)(H,23,24). The molecule has 130 valence electrons. The van der Waals surface area contributed by atoms with E-state index in [1.54, 1.807) is 0 Å². The highest BCUT2D eigenvalue weighted by Crippen LogP contribution is 2.33. The normalized spacial score (nSPS) is 12.8. The third-order valence-electron chi connectivity index (χ3n) is 3.80. The van der Waals surface area contributed by atoms with Crippen LogP contribution < -0.4 is 4.90 Å². The van der Waals surface area contributed by atoms with Gasteiger partial charge in [-0.15, -0.1) is 0 Å². The monoisotopic (exact) mass is 356 g/mol. The molecule has 0 saturated carbocycles. The first kappa shape index (κ1) is 16.8. The van der Waals surface area contributed by atoms with E-state index in [-0.39, 0.29) is 16.7 Å². The van der Waals surface area contributed by atoms with Gasteiger partial charge >= 0.3 is 11.9 Å². The Morgan fingerprint density at radius 1 is 0.923 bits per heavy atom. The Kier molecular flexibility index (Phi) is 3.72. The lowest BCUT2D eigenvalue weighted by Gasteiger charge is -2.16. The van der Waals surface area contributed by atoms with Gasteiger partial charge in [-0.05, 0) is 24.3 Å². The maximum absolute atomic E-state index is 12.6. The van der Waals surface area contributed by atoms with Gasteiger partial charge in [0.2, 0.25) is 0 Å². The van der Waals surface area contributed by atoms with Crippen LogP contribution in [0, 0.1) is 10.1 Å². The summed E-state index contributed by atoms with van der Waals surface area (Å²) in [6, 6.07) is 5.92. The van der Waals surface area contributed by atoms with Crippen molar-refractivity contribution >= 4 is 35.1 Å². The molecule has 2 amide bonds. The van der Waals surface area contributed by atoms with Crippen molar-refractivity contribution in [1.82, 2.24) is 0 Å². The first-order chi connectivity index (χ1) is 12.2. The molecule has 2 aromatic carbocycles. The summed E-state index contributed by atoms with van der Waals surface area (Å²) >= 11 is 0. The third-order valence-corrected chi connectivity index (χ3v) is 3.80. The lowest BCUT2D eigenvalue weighted by molar-refractivity contribution is -0.384. The topological polar surface area (TPSA) is 155 Å². The molecule has 0 bridgehead atoms. The number of amides is 2. The van der Waals surface area contributed by atoms with Crippen molar-refractivity contribution in [2.45, 2.75) is 0 Å². The van der Waals surface area contributed by atoms with E-state index in [0.29, 0.717) is 4.90 Å². The maximum Gasteiger partial charge on any atom is 0.337 e. The maximum atomic E-state index is 12.6. The van der Waals surface area contributed by atoms with Gasteiger partial charge < -0.3 is 10.2 Å². The Balaban J connectivity index is 2.19. The van der Waals surface area contributed by atoms with Crippen molar-refractivity contribution in [3.8, 4) is 0 Å². The number of nitro groups is 1. The minimum atomic E-state index is -1.49. The van der Waals surface area contributed by atoms with E-state index in [0.717, 1.165) is 36.4 Å². The number of anilines is 1. The van der Waals surface area contributed by atoms with Crippen LogP contribution in [0.3, 0.4) is 0 Å². The van der Waals surface area contributed by atoms with Crippen molar-refractivity contribution < 1.29 is 34.3 Å². The number of aromatic carboxylic acids is 2. The number of hydrogen-bond acceptors (Lipinski definition) is 6. The number of nitrogens with zero attached hydrogens (tertiary/aromatic N) is 2. The highest BCUT2D eigenvalue weighted by Gasteiger charge is 2.39. The number of carbonyl (C=O) groups excluding carboxylic acids is 2. The van der Waals surface area contributed by atoms with Gasteiger partial charge in [0.1, 0.15) is 0 Å². The highest BCUT2D eigenvalue weighted by atomic mass is 16.6. The molecule has 10 nitrogen and oxygen atoms in total. The van der Waals surface area contributed by atoms with Crippen molar-refractivity contribution in [2.75, 3.05) is 4.90 Å². The molecule has 1 heterocycles. The van der Waals surface area contributed by atoms with E-state index in [1.165, 1.54) is 0 Å². The summed E-state index contributed by atoms with van der Waals surface area (Å²) in [6.45, 7) is 0. The first-order valence-corrected chi connectivity index (χ1v) is 7.00. The Morgan fingerprint density at radius 3 is 2.15 bits per heavy atom. The zero-order chi connectivity index (χ0) is 19.2. The predicted molar refractivity (Wildman–Crippen MR) is 84.6 cm³/mol. The van der Waals surface area contributed by atoms with Gasteiger partial charge in [-0.1, -0.05) is 0 Å².